The number of ether oxygens (including phenoxy) is 1. The maximum atomic E-state index is 12.7. The van der Waals surface area contributed by atoms with E-state index in [2.05, 4.69) is 18.3 Å². The Bertz CT molecular complexity index is 863. The van der Waals surface area contributed by atoms with Crippen LogP contribution < -0.4 is 5.32 Å². The lowest BCUT2D eigenvalue weighted by Crippen LogP contribution is -2.29. The van der Waals surface area contributed by atoms with Crippen molar-refractivity contribution in [1.82, 2.24) is 5.32 Å². The molecule has 1 N–H and O–H groups in total. The number of benzene rings is 3. The van der Waals surface area contributed by atoms with Gasteiger partial charge < -0.3 is 10.1 Å². The maximum Gasteiger partial charge on any atom is 0.339 e. The van der Waals surface area contributed by atoms with Gasteiger partial charge in [-0.25, -0.2) is 4.79 Å². The van der Waals surface area contributed by atoms with Crippen molar-refractivity contribution >= 4 is 33.4 Å². The summed E-state index contributed by atoms with van der Waals surface area (Å²) in [7, 11) is 0. The number of unbranched alkanes of at least 4 members (excludes halogenated alkanes) is 1. The zero-order valence-electron chi connectivity index (χ0n) is 14.2. The number of nitrogens with one attached hydrogen (secondary N) is 1. The van der Waals surface area contributed by atoms with E-state index in [1.54, 1.807) is 0 Å². The highest BCUT2D eigenvalue weighted by atomic mass is 16.5. The molecule has 0 aromatic heterocycles. The van der Waals surface area contributed by atoms with Gasteiger partial charge >= 0.3 is 5.97 Å². The van der Waals surface area contributed by atoms with Gasteiger partial charge in [-0.1, -0.05) is 61.9 Å². The number of carbonyl (C=O) groups excluding carboxylic acids is 2. The Balaban J connectivity index is 1.88. The number of esters is 1. The molecule has 0 spiro atoms. The van der Waals surface area contributed by atoms with Crippen LogP contribution in [0.4, 0.5) is 0 Å². The first-order valence-corrected chi connectivity index (χ1v) is 8.55. The number of hydrogen-bond acceptors (Lipinski definition) is 3. The minimum Gasteiger partial charge on any atom is -0.452 e. The van der Waals surface area contributed by atoms with Crippen LogP contribution in [0.25, 0.3) is 21.5 Å². The molecule has 0 aliphatic rings. The largest absolute Gasteiger partial charge is 0.452 e. The van der Waals surface area contributed by atoms with E-state index in [0.29, 0.717) is 12.1 Å². The second-order valence-corrected chi connectivity index (χ2v) is 5.97. The fourth-order valence-corrected chi connectivity index (χ4v) is 2.89. The molecule has 4 nitrogen and oxygen atoms in total. The molecule has 0 saturated heterocycles. The molecule has 3 aromatic carbocycles. The fourth-order valence-electron chi connectivity index (χ4n) is 2.89. The van der Waals surface area contributed by atoms with Gasteiger partial charge in [-0.2, -0.15) is 0 Å². The summed E-state index contributed by atoms with van der Waals surface area (Å²) >= 11 is 0. The Morgan fingerprint density at radius 2 is 1.56 bits per heavy atom. The van der Waals surface area contributed by atoms with Crippen molar-refractivity contribution in [2.75, 3.05) is 13.2 Å². The molecule has 3 rings (SSSR count). The standard InChI is InChI=1S/C21H21NO3/c1-2-3-12-22-19(23)14-25-21(24)20-17-10-6-4-8-15(17)13-16-9-5-7-11-18(16)20/h4-11,13H,2-3,12,14H2,1H3,(H,22,23). The molecule has 0 fully saturated rings. The van der Waals surface area contributed by atoms with Gasteiger partial charge in [-0.05, 0) is 34.0 Å². The van der Waals surface area contributed by atoms with E-state index in [0.717, 1.165) is 34.4 Å². The summed E-state index contributed by atoms with van der Waals surface area (Å²) in [6, 6.07) is 17.5. The summed E-state index contributed by atoms with van der Waals surface area (Å²) in [6.07, 6.45) is 1.91. The highest BCUT2D eigenvalue weighted by Crippen LogP contribution is 2.29. The highest BCUT2D eigenvalue weighted by Gasteiger charge is 2.17. The van der Waals surface area contributed by atoms with Crippen LogP contribution in [0.3, 0.4) is 0 Å². The van der Waals surface area contributed by atoms with E-state index in [4.69, 9.17) is 4.74 Å². The first-order valence-electron chi connectivity index (χ1n) is 8.55. The first kappa shape index (κ1) is 17.0. The van der Waals surface area contributed by atoms with Gasteiger partial charge in [0.2, 0.25) is 0 Å². The fraction of sp³-hybridized carbons (Fsp3) is 0.238. The van der Waals surface area contributed by atoms with Crippen molar-refractivity contribution in [1.29, 1.82) is 0 Å². The molecule has 0 bridgehead atoms. The molecule has 3 aromatic rings. The molecule has 25 heavy (non-hydrogen) atoms. The Morgan fingerprint density at radius 3 is 2.16 bits per heavy atom. The van der Waals surface area contributed by atoms with Gasteiger partial charge in [0, 0.05) is 6.54 Å². The van der Waals surface area contributed by atoms with Gasteiger partial charge in [0.25, 0.3) is 5.91 Å². The van der Waals surface area contributed by atoms with Crippen LogP contribution in [0.15, 0.2) is 54.6 Å². The van der Waals surface area contributed by atoms with Crippen LogP contribution in [0.1, 0.15) is 30.1 Å². The number of amides is 1. The van der Waals surface area contributed by atoms with Crippen molar-refractivity contribution in [3.8, 4) is 0 Å². The molecular weight excluding hydrogens is 314 g/mol. The van der Waals surface area contributed by atoms with E-state index in [-0.39, 0.29) is 12.5 Å². The monoisotopic (exact) mass is 335 g/mol. The molecule has 0 aliphatic heterocycles. The van der Waals surface area contributed by atoms with E-state index in [1.807, 2.05) is 48.5 Å². The normalized spacial score (nSPS) is 10.8. The lowest BCUT2D eigenvalue weighted by molar-refractivity contribution is -0.124. The van der Waals surface area contributed by atoms with Crippen molar-refractivity contribution in [3.05, 3.63) is 60.2 Å². The quantitative estimate of drug-likeness (QED) is 0.420. The zero-order valence-corrected chi connectivity index (χ0v) is 14.2. The second-order valence-electron chi connectivity index (χ2n) is 5.97. The molecule has 128 valence electrons. The number of rotatable bonds is 6. The summed E-state index contributed by atoms with van der Waals surface area (Å²) in [5.74, 6) is -0.745. The smallest absolute Gasteiger partial charge is 0.339 e. The molecular formula is C21H21NO3. The van der Waals surface area contributed by atoms with Crippen molar-refractivity contribution in [2.45, 2.75) is 19.8 Å². The molecule has 0 atom stereocenters. The van der Waals surface area contributed by atoms with Crippen molar-refractivity contribution in [3.63, 3.8) is 0 Å². The Labute approximate surface area is 146 Å². The molecule has 0 aliphatic carbocycles. The van der Waals surface area contributed by atoms with Crippen molar-refractivity contribution < 1.29 is 14.3 Å². The molecule has 0 saturated carbocycles. The summed E-state index contributed by atoms with van der Waals surface area (Å²) in [6.45, 7) is 2.39. The van der Waals surface area contributed by atoms with E-state index >= 15 is 0 Å². The lowest BCUT2D eigenvalue weighted by atomic mass is 9.97. The number of fused-ring (bicyclic) bond motifs is 2. The summed E-state index contributed by atoms with van der Waals surface area (Å²) in [5, 5.41) is 6.36. The van der Waals surface area contributed by atoms with Gasteiger partial charge in [-0.15, -0.1) is 0 Å². The van der Waals surface area contributed by atoms with Crippen LogP contribution >= 0.6 is 0 Å². The minimum atomic E-state index is -0.473. The van der Waals surface area contributed by atoms with E-state index in [9.17, 15) is 9.59 Å². The third-order valence-electron chi connectivity index (χ3n) is 4.16. The van der Waals surface area contributed by atoms with Crippen LogP contribution in [0.2, 0.25) is 0 Å². The summed E-state index contributed by atoms with van der Waals surface area (Å²) in [5.41, 5.74) is 0.509. The molecule has 0 unspecified atom stereocenters. The number of hydrogen-bond donors (Lipinski definition) is 1. The predicted octanol–water partition coefficient (Wildman–Crippen LogP) is 4.07. The molecule has 1 amide bonds. The van der Waals surface area contributed by atoms with Gasteiger partial charge in [0.1, 0.15) is 0 Å². The Kier molecular flexibility index (Phi) is 5.29. The van der Waals surface area contributed by atoms with Crippen LogP contribution in [0.5, 0.6) is 0 Å². The second kappa shape index (κ2) is 7.79. The third kappa shape index (κ3) is 3.79. The van der Waals surface area contributed by atoms with Crippen LogP contribution in [0, 0.1) is 0 Å². The van der Waals surface area contributed by atoms with Crippen LogP contribution in [-0.2, 0) is 9.53 Å². The molecule has 4 heteroatoms. The van der Waals surface area contributed by atoms with Crippen LogP contribution in [-0.4, -0.2) is 25.0 Å². The topological polar surface area (TPSA) is 55.4 Å². The third-order valence-corrected chi connectivity index (χ3v) is 4.16. The van der Waals surface area contributed by atoms with Crippen molar-refractivity contribution in [2.24, 2.45) is 0 Å². The van der Waals surface area contributed by atoms with E-state index < -0.39 is 5.97 Å². The highest BCUT2D eigenvalue weighted by molar-refractivity contribution is 6.16. The SMILES string of the molecule is CCCCNC(=O)COC(=O)c1c2ccccc2cc2ccccc12. The van der Waals surface area contributed by atoms with Gasteiger partial charge in [0.15, 0.2) is 6.61 Å². The average Bonchev–Trinajstić information content (AvgIpc) is 2.64. The Morgan fingerprint density at radius 1 is 0.960 bits per heavy atom. The first-order chi connectivity index (χ1) is 12.2. The molecule has 0 radical (unpaired) electrons. The van der Waals surface area contributed by atoms with Gasteiger partial charge in [-0.3, -0.25) is 4.79 Å². The van der Waals surface area contributed by atoms with Gasteiger partial charge in [0.05, 0.1) is 5.56 Å². The minimum absolute atomic E-state index is 0.264. The predicted molar refractivity (Wildman–Crippen MR) is 99.7 cm³/mol. The Hall–Kier alpha value is -2.88. The lowest BCUT2D eigenvalue weighted by Gasteiger charge is -2.11. The zero-order chi connectivity index (χ0) is 17.6. The average molecular weight is 335 g/mol. The molecule has 0 heterocycles. The number of carbonyl (C=O) groups is 2. The summed E-state index contributed by atoms with van der Waals surface area (Å²) < 4.78 is 5.29. The maximum absolute atomic E-state index is 12.7. The van der Waals surface area contributed by atoms with E-state index in [1.165, 1.54) is 0 Å². The summed E-state index contributed by atoms with van der Waals surface area (Å²) in [4.78, 5) is 24.5.